The molecule has 94 valence electrons. The van der Waals surface area contributed by atoms with Gasteiger partial charge in [-0.15, -0.1) is 0 Å². The maximum Gasteiger partial charge on any atom is 0.141 e. The molecule has 0 radical (unpaired) electrons. The maximum atomic E-state index is 12.9. The lowest BCUT2D eigenvalue weighted by Crippen LogP contribution is -2.19. The first-order valence-electron chi connectivity index (χ1n) is 6.16. The summed E-state index contributed by atoms with van der Waals surface area (Å²) in [4.78, 5) is 3.84. The van der Waals surface area contributed by atoms with Crippen LogP contribution in [0.1, 0.15) is 33.3 Å². The van der Waals surface area contributed by atoms with Gasteiger partial charge in [-0.25, -0.2) is 4.39 Å². The predicted octanol–water partition coefficient (Wildman–Crippen LogP) is 2.99. The van der Waals surface area contributed by atoms with E-state index in [4.69, 9.17) is 0 Å². The van der Waals surface area contributed by atoms with E-state index in [9.17, 15) is 4.39 Å². The summed E-state index contributed by atoms with van der Waals surface area (Å²) in [7, 11) is 0. The molecule has 1 saturated carbocycles. The molecule has 0 amide bonds. The highest BCUT2D eigenvalue weighted by molar-refractivity contribution is 5.14. The minimum atomic E-state index is -0.267. The van der Waals surface area contributed by atoms with Crippen molar-refractivity contribution in [1.29, 1.82) is 0 Å². The second kappa shape index (κ2) is 4.05. The molecule has 2 nitrogen and oxygen atoms in total. The van der Waals surface area contributed by atoms with Crippen molar-refractivity contribution in [2.75, 3.05) is 6.54 Å². The summed E-state index contributed by atoms with van der Waals surface area (Å²) in [5, 5.41) is 3.40. The van der Waals surface area contributed by atoms with Gasteiger partial charge in [0.1, 0.15) is 5.82 Å². The van der Waals surface area contributed by atoms with E-state index in [-0.39, 0.29) is 5.82 Å². The van der Waals surface area contributed by atoms with E-state index < -0.39 is 0 Å². The second-order valence-electron chi connectivity index (χ2n) is 6.14. The number of hydrogen-bond acceptors (Lipinski definition) is 2. The van der Waals surface area contributed by atoms with Crippen molar-refractivity contribution in [2.24, 2.45) is 16.7 Å². The molecule has 0 atom stereocenters. The molecule has 17 heavy (non-hydrogen) atoms. The number of pyridine rings is 1. The molecule has 0 saturated heterocycles. The van der Waals surface area contributed by atoms with Gasteiger partial charge in [0, 0.05) is 12.7 Å². The Kier molecular flexibility index (Phi) is 2.98. The molecular formula is C14H21FN2. The summed E-state index contributed by atoms with van der Waals surface area (Å²) in [6.07, 6.45) is 2.94. The van der Waals surface area contributed by atoms with Crippen LogP contribution in [0.3, 0.4) is 0 Å². The highest BCUT2D eigenvalue weighted by Gasteiger charge is 2.63. The fourth-order valence-electron chi connectivity index (χ4n) is 2.76. The Bertz CT molecular complexity index is 398. The zero-order valence-electron chi connectivity index (χ0n) is 11.0. The Morgan fingerprint density at radius 1 is 1.24 bits per heavy atom. The van der Waals surface area contributed by atoms with Crippen molar-refractivity contribution in [3.05, 3.63) is 29.8 Å². The number of hydrogen-bond donors (Lipinski definition) is 1. The zero-order valence-corrected chi connectivity index (χ0v) is 11.0. The van der Waals surface area contributed by atoms with E-state index in [1.807, 2.05) is 0 Å². The average molecular weight is 236 g/mol. The van der Waals surface area contributed by atoms with Crippen LogP contribution in [0.25, 0.3) is 0 Å². The molecule has 0 unspecified atom stereocenters. The molecular weight excluding hydrogens is 215 g/mol. The fraction of sp³-hybridized carbons (Fsp3) is 0.643. The first kappa shape index (κ1) is 12.5. The lowest BCUT2D eigenvalue weighted by atomic mass is 10.0. The first-order valence-corrected chi connectivity index (χ1v) is 6.16. The van der Waals surface area contributed by atoms with Crippen LogP contribution in [0.5, 0.6) is 0 Å². The Morgan fingerprint density at radius 3 is 2.41 bits per heavy atom. The van der Waals surface area contributed by atoms with Gasteiger partial charge in [0.15, 0.2) is 0 Å². The van der Waals surface area contributed by atoms with Gasteiger partial charge in [-0.05, 0) is 34.9 Å². The molecule has 1 aliphatic rings. The molecule has 1 heterocycles. The van der Waals surface area contributed by atoms with Gasteiger partial charge in [-0.3, -0.25) is 4.98 Å². The average Bonchev–Trinajstić information content (AvgIpc) is 2.60. The molecule has 0 bridgehead atoms. The Labute approximate surface area is 103 Å². The molecule has 2 rings (SSSR count). The van der Waals surface area contributed by atoms with Crippen LogP contribution in [0, 0.1) is 22.6 Å². The summed E-state index contributed by atoms with van der Waals surface area (Å²) < 4.78 is 12.9. The van der Waals surface area contributed by atoms with Gasteiger partial charge >= 0.3 is 0 Å². The third-order valence-electron chi connectivity index (χ3n) is 4.76. The summed E-state index contributed by atoms with van der Waals surface area (Å²) in [5.41, 5.74) is 1.71. The third kappa shape index (κ3) is 2.21. The molecule has 1 N–H and O–H groups in total. The monoisotopic (exact) mass is 236 g/mol. The van der Waals surface area contributed by atoms with Crippen LogP contribution in [-0.2, 0) is 6.54 Å². The summed E-state index contributed by atoms with van der Waals surface area (Å²) in [6.45, 7) is 10.9. The topological polar surface area (TPSA) is 24.9 Å². The molecule has 1 fully saturated rings. The second-order valence-corrected chi connectivity index (χ2v) is 6.14. The summed E-state index contributed by atoms with van der Waals surface area (Å²) >= 11 is 0. The van der Waals surface area contributed by atoms with Crippen molar-refractivity contribution >= 4 is 0 Å². The number of nitrogens with zero attached hydrogens (tertiary/aromatic N) is 1. The molecule has 3 heteroatoms. The van der Waals surface area contributed by atoms with Crippen molar-refractivity contribution in [3.8, 4) is 0 Å². The van der Waals surface area contributed by atoms with Crippen LogP contribution in [0.15, 0.2) is 18.5 Å². The van der Waals surface area contributed by atoms with E-state index in [0.717, 1.165) is 12.1 Å². The van der Waals surface area contributed by atoms with Crippen molar-refractivity contribution in [1.82, 2.24) is 10.3 Å². The number of halogens is 1. The van der Waals surface area contributed by atoms with E-state index >= 15 is 0 Å². The molecule has 0 spiro atoms. The van der Waals surface area contributed by atoms with Crippen LogP contribution < -0.4 is 5.32 Å². The van der Waals surface area contributed by atoms with Gasteiger partial charge in [-0.1, -0.05) is 27.7 Å². The van der Waals surface area contributed by atoms with E-state index in [2.05, 4.69) is 38.0 Å². The lowest BCUT2D eigenvalue weighted by Gasteiger charge is -2.06. The Balaban J connectivity index is 1.82. The molecule has 0 aromatic carbocycles. The van der Waals surface area contributed by atoms with Gasteiger partial charge in [0.2, 0.25) is 0 Å². The largest absolute Gasteiger partial charge is 0.312 e. The smallest absolute Gasteiger partial charge is 0.141 e. The first-order chi connectivity index (χ1) is 7.85. The highest BCUT2D eigenvalue weighted by Crippen LogP contribution is 2.67. The minimum absolute atomic E-state index is 0.267. The van der Waals surface area contributed by atoms with Gasteiger partial charge in [0.25, 0.3) is 0 Å². The maximum absolute atomic E-state index is 12.9. The molecule has 1 aromatic rings. The van der Waals surface area contributed by atoms with Crippen molar-refractivity contribution in [2.45, 2.75) is 34.2 Å². The van der Waals surface area contributed by atoms with Crippen molar-refractivity contribution in [3.63, 3.8) is 0 Å². The standard InChI is InChI=1S/C14H21FN2/c1-13(2)12(14(13,3)4)9-17-7-10-5-11(15)8-16-6-10/h5-6,8,12,17H,7,9H2,1-4H3. The molecule has 0 aliphatic heterocycles. The number of rotatable bonds is 4. The fourth-order valence-corrected chi connectivity index (χ4v) is 2.76. The summed E-state index contributed by atoms with van der Waals surface area (Å²) in [6, 6.07) is 1.53. The van der Waals surface area contributed by atoms with E-state index in [1.165, 1.54) is 12.3 Å². The number of nitrogens with one attached hydrogen (secondary N) is 1. The third-order valence-corrected chi connectivity index (χ3v) is 4.76. The van der Waals surface area contributed by atoms with Crippen LogP contribution in [0.4, 0.5) is 4.39 Å². The van der Waals surface area contributed by atoms with Crippen LogP contribution in [-0.4, -0.2) is 11.5 Å². The molecule has 1 aromatic heterocycles. The Morgan fingerprint density at radius 2 is 1.88 bits per heavy atom. The van der Waals surface area contributed by atoms with Crippen molar-refractivity contribution < 1.29 is 4.39 Å². The van der Waals surface area contributed by atoms with Gasteiger partial charge in [-0.2, -0.15) is 0 Å². The Hall–Kier alpha value is -0.960. The van der Waals surface area contributed by atoms with E-state index in [1.54, 1.807) is 6.20 Å². The summed E-state index contributed by atoms with van der Waals surface area (Å²) in [5.74, 6) is 0.424. The molecule has 1 aliphatic carbocycles. The number of aromatic nitrogens is 1. The lowest BCUT2D eigenvalue weighted by molar-refractivity contribution is 0.457. The normalized spacial score (nSPS) is 21.5. The van der Waals surface area contributed by atoms with Gasteiger partial charge < -0.3 is 5.32 Å². The zero-order chi connectivity index (χ0) is 12.7. The van der Waals surface area contributed by atoms with Crippen LogP contribution in [0.2, 0.25) is 0 Å². The minimum Gasteiger partial charge on any atom is -0.312 e. The van der Waals surface area contributed by atoms with E-state index in [0.29, 0.717) is 23.3 Å². The van der Waals surface area contributed by atoms with Gasteiger partial charge in [0.05, 0.1) is 6.20 Å². The predicted molar refractivity (Wildman–Crippen MR) is 67.0 cm³/mol. The highest BCUT2D eigenvalue weighted by atomic mass is 19.1. The SMILES string of the molecule is CC1(C)C(CNCc2cncc(F)c2)C1(C)C. The quantitative estimate of drug-likeness (QED) is 0.869. The van der Waals surface area contributed by atoms with Crippen LogP contribution >= 0.6 is 0 Å².